The van der Waals surface area contributed by atoms with E-state index in [-0.39, 0.29) is 24.3 Å². The summed E-state index contributed by atoms with van der Waals surface area (Å²) in [6.07, 6.45) is 8.90. The van der Waals surface area contributed by atoms with Gasteiger partial charge >= 0.3 is 0 Å². The zero-order valence-corrected chi connectivity index (χ0v) is 18.0. The molecule has 1 aromatic heterocycles. The molecule has 9 heteroatoms. The molecule has 0 radical (unpaired) electrons. The average molecular weight is 447 g/mol. The number of anilines is 1. The lowest BCUT2D eigenvalue weighted by Crippen LogP contribution is -2.33. The van der Waals surface area contributed by atoms with Gasteiger partial charge in [-0.2, -0.15) is 0 Å². The molecule has 0 bridgehead atoms. The number of hydrogen-bond donors (Lipinski definition) is 3. The third kappa shape index (κ3) is 5.57. The van der Waals surface area contributed by atoms with Gasteiger partial charge in [0.25, 0.3) is 0 Å². The van der Waals surface area contributed by atoms with Crippen LogP contribution < -0.4 is 15.8 Å². The van der Waals surface area contributed by atoms with E-state index < -0.39 is 0 Å². The number of rotatable bonds is 6. The van der Waals surface area contributed by atoms with E-state index in [2.05, 4.69) is 21.5 Å². The van der Waals surface area contributed by atoms with Gasteiger partial charge in [-0.15, -0.1) is 0 Å². The van der Waals surface area contributed by atoms with Gasteiger partial charge in [0, 0.05) is 31.8 Å². The van der Waals surface area contributed by atoms with Crippen molar-refractivity contribution in [1.29, 1.82) is 0 Å². The number of nitrogens with two attached hydrogens (primary N) is 1. The van der Waals surface area contributed by atoms with Crippen molar-refractivity contribution in [1.82, 2.24) is 9.88 Å². The topological polar surface area (TPSA) is 130 Å². The molecule has 3 heterocycles. The number of hydrogen-bond acceptors (Lipinski definition) is 6. The van der Waals surface area contributed by atoms with Gasteiger partial charge in [-0.3, -0.25) is 9.59 Å². The summed E-state index contributed by atoms with van der Waals surface area (Å²) in [6.45, 7) is 1.18. The number of aromatic nitrogens is 1. The highest BCUT2D eigenvalue weighted by Crippen LogP contribution is 2.25. The van der Waals surface area contributed by atoms with E-state index in [4.69, 9.17) is 15.7 Å². The van der Waals surface area contributed by atoms with Crippen molar-refractivity contribution in [2.24, 2.45) is 10.9 Å². The molecule has 1 aromatic carbocycles. The van der Waals surface area contributed by atoms with Gasteiger partial charge < -0.3 is 25.9 Å². The fourth-order valence-electron chi connectivity index (χ4n) is 3.72. The summed E-state index contributed by atoms with van der Waals surface area (Å²) in [5.74, 6) is 1.16. The average Bonchev–Trinajstić information content (AvgIpc) is 2.86. The number of carbonyl (C=O) groups is 2. The molecule has 4 N–H and O–H groups in total. The lowest BCUT2D eigenvalue weighted by molar-refractivity contribution is -0.125. The van der Waals surface area contributed by atoms with Gasteiger partial charge in [-0.1, -0.05) is 23.4 Å². The first-order chi connectivity index (χ1) is 16.0. The fourth-order valence-corrected chi connectivity index (χ4v) is 3.72. The number of amidine groups is 1. The fraction of sp³-hybridized carbons (Fsp3) is 0.250. The second-order valence-corrected chi connectivity index (χ2v) is 7.83. The summed E-state index contributed by atoms with van der Waals surface area (Å²) in [5, 5.41) is 14.2. The van der Waals surface area contributed by atoms with Crippen molar-refractivity contribution in [2.45, 2.75) is 19.3 Å². The third-order valence-corrected chi connectivity index (χ3v) is 5.55. The number of fused-ring (bicyclic) bond motifs is 1. The quantitative estimate of drug-likeness (QED) is 0.205. The van der Waals surface area contributed by atoms with Crippen LogP contribution in [0.4, 0.5) is 5.82 Å². The Kier molecular flexibility index (Phi) is 6.68. The van der Waals surface area contributed by atoms with Gasteiger partial charge in [0.15, 0.2) is 5.84 Å². The van der Waals surface area contributed by atoms with Gasteiger partial charge in [0.1, 0.15) is 18.2 Å². The van der Waals surface area contributed by atoms with E-state index >= 15 is 0 Å². The lowest BCUT2D eigenvalue weighted by Gasteiger charge is -2.25. The molecular weight excluding hydrogens is 422 g/mol. The van der Waals surface area contributed by atoms with E-state index in [9.17, 15) is 9.59 Å². The van der Waals surface area contributed by atoms with Crippen molar-refractivity contribution in [3.8, 4) is 5.75 Å². The van der Waals surface area contributed by atoms with Crippen LogP contribution in [-0.2, 0) is 16.0 Å². The Morgan fingerprint density at radius 1 is 1.27 bits per heavy atom. The summed E-state index contributed by atoms with van der Waals surface area (Å²) >= 11 is 0. The van der Waals surface area contributed by atoms with Crippen molar-refractivity contribution < 1.29 is 19.5 Å². The number of nitrogens with one attached hydrogen (secondary N) is 1. The zero-order chi connectivity index (χ0) is 23.2. The van der Waals surface area contributed by atoms with E-state index in [0.717, 1.165) is 23.1 Å². The number of carbonyl (C=O) groups excluding carboxylic acids is 2. The first kappa shape index (κ1) is 22.1. The minimum Gasteiger partial charge on any atom is -0.486 e. The molecule has 4 rings (SSSR count). The number of nitrogens with zero attached hydrogens (tertiary/aromatic N) is 3. The molecule has 0 aliphatic carbocycles. The number of pyridine rings is 1. The molecule has 2 aliphatic heterocycles. The van der Waals surface area contributed by atoms with E-state index in [1.165, 1.54) is 5.57 Å². The minimum atomic E-state index is -0.0526. The first-order valence-corrected chi connectivity index (χ1v) is 10.7. The molecule has 0 saturated heterocycles. The highest BCUT2D eigenvalue weighted by atomic mass is 16.5. The largest absolute Gasteiger partial charge is 0.486 e. The Bertz CT molecular complexity index is 1140. The van der Waals surface area contributed by atoms with Gasteiger partial charge in [0.05, 0.1) is 0 Å². The van der Waals surface area contributed by atoms with Crippen LogP contribution in [0.3, 0.4) is 0 Å². The van der Waals surface area contributed by atoms with Crippen LogP contribution in [-0.4, -0.2) is 52.4 Å². The van der Waals surface area contributed by atoms with Crippen molar-refractivity contribution in [3.05, 3.63) is 65.4 Å². The van der Waals surface area contributed by atoms with Crippen LogP contribution in [0.1, 0.15) is 29.5 Å². The summed E-state index contributed by atoms with van der Waals surface area (Å²) in [4.78, 5) is 30.1. The normalized spacial score (nSPS) is 16.2. The van der Waals surface area contributed by atoms with E-state index in [1.807, 2.05) is 30.3 Å². The maximum absolute atomic E-state index is 12.6. The van der Waals surface area contributed by atoms with Gasteiger partial charge in [-0.25, -0.2) is 4.98 Å². The molecule has 0 spiro atoms. The predicted molar refractivity (Wildman–Crippen MR) is 125 cm³/mol. The number of ether oxygens (including phenoxy) is 1. The molecule has 9 nitrogen and oxygen atoms in total. The minimum absolute atomic E-state index is 0.00394. The zero-order valence-electron chi connectivity index (χ0n) is 18.0. The smallest absolute Gasteiger partial charge is 0.246 e. The lowest BCUT2D eigenvalue weighted by atomic mass is 9.99. The number of benzene rings is 1. The highest BCUT2D eigenvalue weighted by Gasteiger charge is 2.17. The van der Waals surface area contributed by atoms with Crippen molar-refractivity contribution in [3.63, 3.8) is 0 Å². The van der Waals surface area contributed by atoms with Crippen LogP contribution in [0.25, 0.3) is 11.6 Å². The SMILES string of the molecule is NC(COc1ccc(C2=CCN(C(=O)C=Cc3cnc4c(c3)CCC(=O)N4)CC2)cc1)=NO. The molecule has 170 valence electrons. The molecule has 2 aliphatic rings. The van der Waals surface area contributed by atoms with E-state index in [0.29, 0.717) is 37.5 Å². The Balaban J connectivity index is 1.33. The van der Waals surface area contributed by atoms with Crippen LogP contribution in [0.15, 0.2) is 53.8 Å². The summed E-state index contributed by atoms with van der Waals surface area (Å²) < 4.78 is 5.43. The molecule has 0 unspecified atom stereocenters. The van der Waals surface area contributed by atoms with Crippen molar-refractivity contribution >= 4 is 35.1 Å². The van der Waals surface area contributed by atoms with Crippen LogP contribution in [0.5, 0.6) is 5.75 Å². The van der Waals surface area contributed by atoms with Crippen LogP contribution >= 0.6 is 0 Å². The molecule has 2 amide bonds. The number of oxime groups is 1. The maximum atomic E-state index is 12.6. The molecule has 0 atom stereocenters. The molecule has 33 heavy (non-hydrogen) atoms. The summed E-state index contributed by atoms with van der Waals surface area (Å²) in [6, 6.07) is 9.53. The predicted octanol–water partition coefficient (Wildman–Crippen LogP) is 2.42. The van der Waals surface area contributed by atoms with Gasteiger partial charge in [0.2, 0.25) is 11.8 Å². The monoisotopic (exact) mass is 447 g/mol. The highest BCUT2D eigenvalue weighted by molar-refractivity contribution is 5.94. The molecule has 0 saturated carbocycles. The molecule has 2 aromatic rings. The second kappa shape index (κ2) is 9.99. The van der Waals surface area contributed by atoms with E-state index in [1.54, 1.807) is 23.2 Å². The maximum Gasteiger partial charge on any atom is 0.246 e. The van der Waals surface area contributed by atoms with Gasteiger partial charge in [-0.05, 0) is 59.4 Å². The Hall–Kier alpha value is -4.14. The molecule has 0 fully saturated rings. The van der Waals surface area contributed by atoms with Crippen LogP contribution in [0.2, 0.25) is 0 Å². The molecular formula is C24H25N5O4. The third-order valence-electron chi connectivity index (χ3n) is 5.55. The number of aryl methyl sites for hydroxylation is 1. The number of amides is 2. The first-order valence-electron chi connectivity index (χ1n) is 10.7. The Morgan fingerprint density at radius 3 is 2.82 bits per heavy atom. The van der Waals surface area contributed by atoms with Crippen LogP contribution in [0, 0.1) is 0 Å². The van der Waals surface area contributed by atoms with Crippen molar-refractivity contribution in [2.75, 3.05) is 25.0 Å². The summed E-state index contributed by atoms with van der Waals surface area (Å²) in [7, 11) is 0. The second-order valence-electron chi connectivity index (χ2n) is 7.83. The summed E-state index contributed by atoms with van der Waals surface area (Å²) in [5.41, 5.74) is 9.46. The Labute approximate surface area is 191 Å². The Morgan fingerprint density at radius 2 is 2.09 bits per heavy atom. The standard InChI is InChI=1S/C24H25N5O4/c25-21(28-32)15-33-20-5-2-17(3-6-20)18-9-11-29(12-10-18)23(31)8-1-16-13-19-4-7-22(30)27-24(19)26-14-16/h1-3,5-6,8-9,13-14,32H,4,7,10-12,15H2,(H2,25,28)(H,26,27,30).